The number of ether oxygens (including phenoxy) is 1. The number of nitrogens with one attached hydrogen (secondary N) is 1. The molecule has 2 aromatic carbocycles. The van der Waals surface area contributed by atoms with E-state index in [4.69, 9.17) is 27.9 Å². The molecule has 1 atom stereocenters. The molecule has 1 N–H and O–H groups in total. The number of carbonyl (C=O) groups excluding carboxylic acids is 1. The SMILES string of the molecule is O=C(N[C@@H](CN1CCOCC1)c1ccccc1)c1ccc(Cl)c(Cl)c1. The van der Waals surface area contributed by atoms with Crippen LogP contribution < -0.4 is 5.32 Å². The Morgan fingerprint density at radius 3 is 2.48 bits per heavy atom. The van der Waals surface area contributed by atoms with Gasteiger partial charge >= 0.3 is 0 Å². The number of morpholine rings is 1. The molecule has 1 saturated heterocycles. The number of hydrogen-bond donors (Lipinski definition) is 1. The van der Waals surface area contributed by atoms with Crippen molar-refractivity contribution < 1.29 is 9.53 Å². The molecule has 2 aromatic rings. The minimum atomic E-state index is -0.166. The molecule has 132 valence electrons. The fourth-order valence-corrected chi connectivity index (χ4v) is 3.14. The maximum absolute atomic E-state index is 12.7. The van der Waals surface area contributed by atoms with Crippen LogP contribution in [0.3, 0.4) is 0 Å². The first kappa shape index (κ1) is 18.2. The van der Waals surface area contributed by atoms with E-state index in [9.17, 15) is 4.79 Å². The molecule has 4 nitrogen and oxygen atoms in total. The van der Waals surface area contributed by atoms with Gasteiger partial charge in [-0.25, -0.2) is 0 Å². The first-order valence-corrected chi connectivity index (χ1v) is 9.00. The van der Waals surface area contributed by atoms with Gasteiger partial charge in [-0.05, 0) is 23.8 Å². The van der Waals surface area contributed by atoms with Crippen molar-refractivity contribution in [2.24, 2.45) is 0 Å². The lowest BCUT2D eigenvalue weighted by Crippen LogP contribution is -2.43. The number of nitrogens with zero attached hydrogens (tertiary/aromatic N) is 1. The summed E-state index contributed by atoms with van der Waals surface area (Å²) < 4.78 is 5.41. The van der Waals surface area contributed by atoms with E-state index in [1.807, 2.05) is 30.3 Å². The summed E-state index contributed by atoms with van der Waals surface area (Å²) in [4.78, 5) is 15.0. The van der Waals surface area contributed by atoms with E-state index < -0.39 is 0 Å². The molecular formula is C19H20Cl2N2O2. The topological polar surface area (TPSA) is 41.6 Å². The van der Waals surface area contributed by atoms with Crippen LogP contribution in [0.15, 0.2) is 48.5 Å². The van der Waals surface area contributed by atoms with E-state index >= 15 is 0 Å². The molecule has 0 radical (unpaired) electrons. The third-order valence-electron chi connectivity index (χ3n) is 4.23. The molecule has 3 rings (SSSR count). The lowest BCUT2D eigenvalue weighted by Gasteiger charge is -2.31. The van der Waals surface area contributed by atoms with Gasteiger partial charge in [-0.1, -0.05) is 53.5 Å². The second-order valence-corrected chi connectivity index (χ2v) is 6.79. The van der Waals surface area contributed by atoms with Crippen molar-refractivity contribution >= 4 is 29.1 Å². The first-order chi connectivity index (χ1) is 12.1. The predicted octanol–water partition coefficient (Wildman–Crippen LogP) is 3.80. The second kappa shape index (κ2) is 8.68. The van der Waals surface area contributed by atoms with Gasteiger partial charge in [0.25, 0.3) is 5.91 Å². The van der Waals surface area contributed by atoms with Gasteiger partial charge in [0.05, 0.1) is 29.3 Å². The highest BCUT2D eigenvalue weighted by molar-refractivity contribution is 6.42. The molecule has 0 saturated carbocycles. The van der Waals surface area contributed by atoms with Crippen molar-refractivity contribution in [1.82, 2.24) is 10.2 Å². The van der Waals surface area contributed by atoms with Crippen molar-refractivity contribution in [3.8, 4) is 0 Å². The molecule has 0 aromatic heterocycles. The summed E-state index contributed by atoms with van der Waals surface area (Å²) in [6.07, 6.45) is 0. The highest BCUT2D eigenvalue weighted by atomic mass is 35.5. The number of hydrogen-bond acceptors (Lipinski definition) is 3. The van der Waals surface area contributed by atoms with Crippen LogP contribution in [0.2, 0.25) is 10.0 Å². The van der Waals surface area contributed by atoms with E-state index in [2.05, 4.69) is 10.2 Å². The normalized spacial score (nSPS) is 16.4. The van der Waals surface area contributed by atoms with E-state index in [1.165, 1.54) is 0 Å². The Labute approximate surface area is 157 Å². The summed E-state index contributed by atoms with van der Waals surface area (Å²) in [5.74, 6) is -0.166. The molecule has 1 aliphatic heterocycles. The summed E-state index contributed by atoms with van der Waals surface area (Å²) >= 11 is 12.0. The highest BCUT2D eigenvalue weighted by Crippen LogP contribution is 2.23. The molecule has 1 aliphatic rings. The molecular weight excluding hydrogens is 359 g/mol. The van der Waals surface area contributed by atoms with Crippen LogP contribution in [-0.4, -0.2) is 43.7 Å². The molecule has 1 fully saturated rings. The zero-order chi connectivity index (χ0) is 17.6. The fraction of sp³-hybridized carbons (Fsp3) is 0.316. The molecule has 0 aliphatic carbocycles. The van der Waals surface area contributed by atoms with Gasteiger partial charge in [-0.3, -0.25) is 9.69 Å². The van der Waals surface area contributed by atoms with Gasteiger partial charge in [0, 0.05) is 25.2 Å². The van der Waals surface area contributed by atoms with Crippen molar-refractivity contribution in [1.29, 1.82) is 0 Å². The number of halogens is 2. The van der Waals surface area contributed by atoms with Crippen LogP contribution in [0.5, 0.6) is 0 Å². The number of carbonyl (C=O) groups is 1. The molecule has 6 heteroatoms. The Kier molecular flexibility index (Phi) is 6.32. The van der Waals surface area contributed by atoms with Crippen molar-refractivity contribution in [2.45, 2.75) is 6.04 Å². The van der Waals surface area contributed by atoms with Gasteiger partial charge in [0.15, 0.2) is 0 Å². The predicted molar refractivity (Wildman–Crippen MR) is 100 cm³/mol. The van der Waals surface area contributed by atoms with E-state index in [0.29, 0.717) is 15.6 Å². The lowest BCUT2D eigenvalue weighted by molar-refractivity contribution is 0.0332. The number of rotatable bonds is 5. The first-order valence-electron chi connectivity index (χ1n) is 8.24. The quantitative estimate of drug-likeness (QED) is 0.860. The third kappa shape index (κ3) is 4.95. The summed E-state index contributed by atoms with van der Waals surface area (Å²) in [5, 5.41) is 3.93. The molecule has 25 heavy (non-hydrogen) atoms. The Bertz CT molecular complexity index is 719. The van der Waals surface area contributed by atoms with Crippen molar-refractivity contribution in [3.05, 3.63) is 69.7 Å². The Morgan fingerprint density at radius 1 is 1.08 bits per heavy atom. The number of amides is 1. The summed E-state index contributed by atoms with van der Waals surface area (Å²) in [6.45, 7) is 3.92. The zero-order valence-corrected chi connectivity index (χ0v) is 15.3. The fourth-order valence-electron chi connectivity index (χ4n) is 2.84. The molecule has 0 spiro atoms. The second-order valence-electron chi connectivity index (χ2n) is 5.98. The average molecular weight is 379 g/mol. The van der Waals surface area contributed by atoms with Crippen molar-refractivity contribution in [2.75, 3.05) is 32.8 Å². The monoisotopic (exact) mass is 378 g/mol. The van der Waals surface area contributed by atoms with Gasteiger partial charge in [-0.15, -0.1) is 0 Å². The van der Waals surface area contributed by atoms with Crippen LogP contribution in [-0.2, 0) is 4.74 Å². The van der Waals surface area contributed by atoms with Crippen LogP contribution in [0.25, 0.3) is 0 Å². The summed E-state index contributed by atoms with van der Waals surface area (Å²) in [7, 11) is 0. The minimum absolute atomic E-state index is 0.110. The van der Waals surface area contributed by atoms with Gasteiger partial charge in [0.1, 0.15) is 0 Å². The highest BCUT2D eigenvalue weighted by Gasteiger charge is 2.21. The maximum atomic E-state index is 12.7. The minimum Gasteiger partial charge on any atom is -0.379 e. The van der Waals surface area contributed by atoms with E-state index in [1.54, 1.807) is 18.2 Å². The smallest absolute Gasteiger partial charge is 0.251 e. The number of benzene rings is 2. The van der Waals surface area contributed by atoms with Crippen LogP contribution in [0, 0.1) is 0 Å². The van der Waals surface area contributed by atoms with E-state index in [-0.39, 0.29) is 11.9 Å². The molecule has 0 bridgehead atoms. The largest absolute Gasteiger partial charge is 0.379 e. The zero-order valence-electron chi connectivity index (χ0n) is 13.8. The lowest BCUT2D eigenvalue weighted by atomic mass is 10.1. The maximum Gasteiger partial charge on any atom is 0.251 e. The van der Waals surface area contributed by atoms with Gasteiger partial charge < -0.3 is 10.1 Å². The Morgan fingerprint density at radius 2 is 1.80 bits per heavy atom. The summed E-state index contributed by atoms with van der Waals surface area (Å²) in [5.41, 5.74) is 1.57. The van der Waals surface area contributed by atoms with Gasteiger partial charge in [0.2, 0.25) is 0 Å². The molecule has 1 heterocycles. The Balaban J connectivity index is 1.76. The standard InChI is InChI=1S/C19H20Cl2N2O2/c20-16-7-6-15(12-17(16)21)19(24)22-18(14-4-2-1-3-5-14)13-23-8-10-25-11-9-23/h1-7,12,18H,8-11,13H2,(H,22,24)/t18-/m0/s1. The van der Waals surface area contributed by atoms with E-state index in [0.717, 1.165) is 38.4 Å². The third-order valence-corrected chi connectivity index (χ3v) is 4.97. The Hall–Kier alpha value is -1.59. The summed E-state index contributed by atoms with van der Waals surface area (Å²) in [6, 6.07) is 14.8. The van der Waals surface area contributed by atoms with Crippen LogP contribution >= 0.6 is 23.2 Å². The average Bonchev–Trinajstić information content (AvgIpc) is 2.65. The molecule has 1 amide bonds. The molecule has 0 unspecified atom stereocenters. The van der Waals surface area contributed by atoms with Crippen molar-refractivity contribution in [3.63, 3.8) is 0 Å². The van der Waals surface area contributed by atoms with Gasteiger partial charge in [-0.2, -0.15) is 0 Å². The van der Waals surface area contributed by atoms with Crippen LogP contribution in [0.1, 0.15) is 22.0 Å². The van der Waals surface area contributed by atoms with Crippen LogP contribution in [0.4, 0.5) is 0 Å².